The molecule has 1 aliphatic heterocycles. The summed E-state index contributed by atoms with van der Waals surface area (Å²) in [5.74, 6) is 1.10. The quantitative estimate of drug-likeness (QED) is 0.788. The predicted octanol–water partition coefficient (Wildman–Crippen LogP) is 2.15. The Morgan fingerprint density at radius 3 is 3.12 bits per heavy atom. The fourth-order valence-corrected chi connectivity index (χ4v) is 2.18. The summed E-state index contributed by atoms with van der Waals surface area (Å²) in [6.07, 6.45) is 5.27. The van der Waals surface area contributed by atoms with Crippen LogP contribution in [0.1, 0.15) is 24.7 Å². The van der Waals surface area contributed by atoms with Crippen molar-refractivity contribution < 1.29 is 4.42 Å². The minimum atomic E-state index is 0.883. The summed E-state index contributed by atoms with van der Waals surface area (Å²) >= 11 is 0. The standard InChI is InChI=1S/C13H20N2O/c1-11-4-3-6-15(9-11)10-13-12(8-14-2)5-7-16-13/h4-5,7,14H,3,6,8-10H2,1-2H3. The number of hydrogen-bond donors (Lipinski definition) is 1. The van der Waals surface area contributed by atoms with Gasteiger partial charge in [0, 0.05) is 25.2 Å². The first-order chi connectivity index (χ1) is 7.79. The Bertz CT molecular complexity index is 368. The topological polar surface area (TPSA) is 28.4 Å². The van der Waals surface area contributed by atoms with Crippen molar-refractivity contribution in [1.29, 1.82) is 0 Å². The molecule has 2 rings (SSSR count). The molecule has 0 fully saturated rings. The van der Waals surface area contributed by atoms with Crippen molar-refractivity contribution >= 4 is 0 Å². The lowest BCUT2D eigenvalue weighted by molar-refractivity contribution is 0.256. The third kappa shape index (κ3) is 2.74. The van der Waals surface area contributed by atoms with E-state index in [0.717, 1.165) is 38.4 Å². The van der Waals surface area contributed by atoms with Crippen LogP contribution < -0.4 is 5.32 Å². The van der Waals surface area contributed by atoms with E-state index in [1.807, 2.05) is 7.05 Å². The minimum absolute atomic E-state index is 0.883. The van der Waals surface area contributed by atoms with Crippen molar-refractivity contribution in [3.05, 3.63) is 35.3 Å². The third-order valence-corrected chi connectivity index (χ3v) is 2.98. The summed E-state index contributed by atoms with van der Waals surface area (Å²) in [5, 5.41) is 3.17. The fraction of sp³-hybridized carbons (Fsp3) is 0.538. The molecule has 1 aromatic heterocycles. The molecule has 0 amide bonds. The van der Waals surface area contributed by atoms with Gasteiger partial charge < -0.3 is 9.73 Å². The van der Waals surface area contributed by atoms with Gasteiger partial charge in [0.1, 0.15) is 5.76 Å². The van der Waals surface area contributed by atoms with Gasteiger partial charge >= 0.3 is 0 Å². The number of furan rings is 1. The summed E-state index contributed by atoms with van der Waals surface area (Å²) < 4.78 is 5.55. The third-order valence-electron chi connectivity index (χ3n) is 2.98. The van der Waals surface area contributed by atoms with Crippen molar-refractivity contribution in [3.63, 3.8) is 0 Å². The zero-order chi connectivity index (χ0) is 11.4. The van der Waals surface area contributed by atoms with E-state index in [0.29, 0.717) is 0 Å². The highest BCUT2D eigenvalue weighted by molar-refractivity contribution is 5.17. The second-order valence-electron chi connectivity index (χ2n) is 4.45. The van der Waals surface area contributed by atoms with E-state index in [4.69, 9.17) is 4.42 Å². The smallest absolute Gasteiger partial charge is 0.122 e. The van der Waals surface area contributed by atoms with Gasteiger partial charge in [-0.05, 0) is 26.5 Å². The lowest BCUT2D eigenvalue weighted by atomic mass is 10.1. The second-order valence-corrected chi connectivity index (χ2v) is 4.45. The largest absolute Gasteiger partial charge is 0.468 e. The molecule has 1 aliphatic rings. The molecule has 0 aromatic carbocycles. The highest BCUT2D eigenvalue weighted by Crippen LogP contribution is 2.16. The van der Waals surface area contributed by atoms with E-state index in [1.165, 1.54) is 11.1 Å². The maximum atomic E-state index is 5.55. The van der Waals surface area contributed by atoms with Crippen LogP contribution in [-0.4, -0.2) is 25.0 Å². The lowest BCUT2D eigenvalue weighted by Gasteiger charge is -2.25. The maximum Gasteiger partial charge on any atom is 0.122 e. The van der Waals surface area contributed by atoms with Gasteiger partial charge in [-0.25, -0.2) is 0 Å². The average Bonchev–Trinajstić information content (AvgIpc) is 2.66. The number of rotatable bonds is 4. The Hall–Kier alpha value is -1.06. The van der Waals surface area contributed by atoms with Crippen molar-refractivity contribution in [2.45, 2.75) is 26.4 Å². The Morgan fingerprint density at radius 2 is 2.38 bits per heavy atom. The Morgan fingerprint density at radius 1 is 1.50 bits per heavy atom. The van der Waals surface area contributed by atoms with Crippen LogP contribution in [0.2, 0.25) is 0 Å². The molecule has 3 nitrogen and oxygen atoms in total. The van der Waals surface area contributed by atoms with Crippen LogP contribution in [0.3, 0.4) is 0 Å². The molecule has 0 aliphatic carbocycles. The first-order valence-corrected chi connectivity index (χ1v) is 5.87. The molecule has 0 bridgehead atoms. The van der Waals surface area contributed by atoms with Gasteiger partial charge in [0.15, 0.2) is 0 Å². The highest BCUT2D eigenvalue weighted by atomic mass is 16.3. The highest BCUT2D eigenvalue weighted by Gasteiger charge is 2.14. The van der Waals surface area contributed by atoms with Crippen LogP contribution >= 0.6 is 0 Å². The summed E-state index contributed by atoms with van der Waals surface area (Å²) in [4.78, 5) is 2.44. The molecular weight excluding hydrogens is 200 g/mol. The van der Waals surface area contributed by atoms with Gasteiger partial charge in [-0.1, -0.05) is 11.6 Å². The second kappa shape index (κ2) is 5.32. The lowest BCUT2D eigenvalue weighted by Crippen LogP contribution is -2.29. The zero-order valence-electron chi connectivity index (χ0n) is 10.1. The van der Waals surface area contributed by atoms with Crippen molar-refractivity contribution in [2.24, 2.45) is 0 Å². The molecule has 1 aromatic rings. The SMILES string of the molecule is CNCc1ccoc1CN1CCC=C(C)C1. The van der Waals surface area contributed by atoms with Gasteiger partial charge in [-0.15, -0.1) is 0 Å². The summed E-state index contributed by atoms with van der Waals surface area (Å²) in [6, 6.07) is 2.05. The average molecular weight is 220 g/mol. The van der Waals surface area contributed by atoms with E-state index in [2.05, 4.69) is 29.3 Å². The summed E-state index contributed by atoms with van der Waals surface area (Å²) in [6.45, 7) is 6.21. The molecule has 0 saturated carbocycles. The number of nitrogens with one attached hydrogen (secondary N) is 1. The molecule has 0 unspecified atom stereocenters. The van der Waals surface area contributed by atoms with Crippen molar-refractivity contribution in [2.75, 3.05) is 20.1 Å². The van der Waals surface area contributed by atoms with E-state index in [9.17, 15) is 0 Å². The number of nitrogens with zero attached hydrogens (tertiary/aromatic N) is 1. The van der Waals surface area contributed by atoms with E-state index >= 15 is 0 Å². The van der Waals surface area contributed by atoms with Crippen molar-refractivity contribution in [1.82, 2.24) is 10.2 Å². The molecule has 2 heterocycles. The van der Waals surface area contributed by atoms with Gasteiger partial charge in [0.25, 0.3) is 0 Å². The van der Waals surface area contributed by atoms with Gasteiger partial charge in [0.2, 0.25) is 0 Å². The molecular formula is C13H20N2O. The summed E-state index contributed by atoms with van der Waals surface area (Å²) in [5.41, 5.74) is 2.74. The first kappa shape index (κ1) is 11.4. The summed E-state index contributed by atoms with van der Waals surface area (Å²) in [7, 11) is 1.96. The van der Waals surface area contributed by atoms with Crippen LogP contribution in [0, 0.1) is 0 Å². The molecule has 16 heavy (non-hydrogen) atoms. The van der Waals surface area contributed by atoms with Crippen LogP contribution in [0.5, 0.6) is 0 Å². The van der Waals surface area contributed by atoms with Gasteiger partial charge in [0.05, 0.1) is 12.8 Å². The fourth-order valence-electron chi connectivity index (χ4n) is 2.18. The normalized spacial score (nSPS) is 17.5. The molecule has 3 heteroatoms. The first-order valence-electron chi connectivity index (χ1n) is 5.87. The van der Waals surface area contributed by atoms with Crippen molar-refractivity contribution in [3.8, 4) is 0 Å². The molecule has 0 saturated heterocycles. The molecule has 0 atom stereocenters. The molecule has 0 radical (unpaired) electrons. The Balaban J connectivity index is 1.98. The van der Waals surface area contributed by atoms with Gasteiger partial charge in [-0.3, -0.25) is 4.90 Å². The van der Waals surface area contributed by atoms with Crippen LogP contribution in [0.4, 0.5) is 0 Å². The molecule has 1 N–H and O–H groups in total. The molecule has 88 valence electrons. The van der Waals surface area contributed by atoms with Crippen LogP contribution in [-0.2, 0) is 13.1 Å². The molecule has 0 spiro atoms. The minimum Gasteiger partial charge on any atom is -0.468 e. The monoisotopic (exact) mass is 220 g/mol. The predicted molar refractivity (Wildman–Crippen MR) is 65.1 cm³/mol. The Labute approximate surface area is 97.1 Å². The Kier molecular flexibility index (Phi) is 3.80. The van der Waals surface area contributed by atoms with Gasteiger partial charge in [-0.2, -0.15) is 0 Å². The van der Waals surface area contributed by atoms with E-state index in [-0.39, 0.29) is 0 Å². The zero-order valence-corrected chi connectivity index (χ0v) is 10.1. The van der Waals surface area contributed by atoms with E-state index < -0.39 is 0 Å². The van der Waals surface area contributed by atoms with Crippen LogP contribution in [0.15, 0.2) is 28.4 Å². The maximum absolute atomic E-state index is 5.55. The van der Waals surface area contributed by atoms with E-state index in [1.54, 1.807) is 6.26 Å². The number of hydrogen-bond acceptors (Lipinski definition) is 3. The van der Waals surface area contributed by atoms with Crippen LogP contribution in [0.25, 0.3) is 0 Å².